The minimum atomic E-state index is -0.367. The molecule has 1 aromatic heterocycles. The van der Waals surface area contributed by atoms with Crippen LogP contribution in [0.4, 0.5) is 0 Å². The number of aryl methyl sites for hydroxylation is 1. The Bertz CT molecular complexity index is 445. The zero-order chi connectivity index (χ0) is 14.0. The third-order valence-electron chi connectivity index (χ3n) is 5.14. The van der Waals surface area contributed by atoms with E-state index in [2.05, 4.69) is 27.6 Å². The lowest BCUT2D eigenvalue weighted by atomic mass is 9.71. The first-order chi connectivity index (χ1) is 9.71. The Morgan fingerprint density at radius 1 is 1.40 bits per heavy atom. The molecule has 1 saturated heterocycles. The summed E-state index contributed by atoms with van der Waals surface area (Å²) in [6.45, 7) is 6.23. The van der Waals surface area contributed by atoms with Crippen molar-refractivity contribution in [2.75, 3.05) is 13.1 Å². The summed E-state index contributed by atoms with van der Waals surface area (Å²) >= 11 is 0. The standard InChI is InChI=1S/C16H27N3O/c1-2-9-19-11-8-17-15(19)13-18-10-7-16(20)6-4-3-5-14(16)12-18/h8,11,14,20H,2-7,9-10,12-13H2,1H3/t14-,16-/m0/s1. The Labute approximate surface area is 121 Å². The fraction of sp³-hybridized carbons (Fsp3) is 0.812. The van der Waals surface area contributed by atoms with E-state index in [0.29, 0.717) is 5.92 Å². The van der Waals surface area contributed by atoms with Crippen LogP contribution in [-0.4, -0.2) is 38.2 Å². The molecule has 0 amide bonds. The lowest BCUT2D eigenvalue weighted by molar-refractivity contribution is -0.0972. The quantitative estimate of drug-likeness (QED) is 0.919. The van der Waals surface area contributed by atoms with E-state index in [4.69, 9.17) is 0 Å². The van der Waals surface area contributed by atoms with Crippen LogP contribution in [0.15, 0.2) is 12.4 Å². The molecule has 1 aliphatic heterocycles. The van der Waals surface area contributed by atoms with Gasteiger partial charge in [-0.2, -0.15) is 0 Å². The molecular formula is C16H27N3O. The second kappa shape index (κ2) is 5.86. The lowest BCUT2D eigenvalue weighted by Gasteiger charge is -2.47. The highest BCUT2D eigenvalue weighted by Gasteiger charge is 2.42. The highest BCUT2D eigenvalue weighted by atomic mass is 16.3. The number of hydrogen-bond donors (Lipinski definition) is 1. The second-order valence-corrected chi connectivity index (χ2v) is 6.57. The molecule has 2 heterocycles. The number of likely N-dealkylation sites (tertiary alicyclic amines) is 1. The van der Waals surface area contributed by atoms with E-state index in [0.717, 1.165) is 45.4 Å². The van der Waals surface area contributed by atoms with Crippen molar-refractivity contribution in [3.63, 3.8) is 0 Å². The third-order valence-corrected chi connectivity index (χ3v) is 5.14. The molecule has 1 aromatic rings. The zero-order valence-electron chi connectivity index (χ0n) is 12.6. The maximum atomic E-state index is 10.7. The number of imidazole rings is 1. The Hall–Kier alpha value is -0.870. The molecule has 1 saturated carbocycles. The average molecular weight is 277 g/mol. The van der Waals surface area contributed by atoms with Gasteiger partial charge in [0.25, 0.3) is 0 Å². The zero-order valence-corrected chi connectivity index (χ0v) is 12.6. The first kappa shape index (κ1) is 14.1. The molecule has 4 nitrogen and oxygen atoms in total. The normalized spacial score (nSPS) is 31.2. The van der Waals surface area contributed by atoms with Gasteiger partial charge < -0.3 is 9.67 Å². The molecule has 112 valence electrons. The molecule has 2 fully saturated rings. The van der Waals surface area contributed by atoms with Gasteiger partial charge >= 0.3 is 0 Å². The monoisotopic (exact) mass is 277 g/mol. The first-order valence-electron chi connectivity index (χ1n) is 8.16. The lowest BCUT2D eigenvalue weighted by Crippen LogP contribution is -2.53. The predicted molar refractivity (Wildman–Crippen MR) is 79.3 cm³/mol. The molecule has 4 heteroatoms. The predicted octanol–water partition coefficient (Wildman–Crippen LogP) is 2.42. The number of hydrogen-bond acceptors (Lipinski definition) is 3. The molecule has 2 aliphatic rings. The van der Waals surface area contributed by atoms with Crippen molar-refractivity contribution in [3.8, 4) is 0 Å². The summed E-state index contributed by atoms with van der Waals surface area (Å²) in [5.74, 6) is 1.65. The Balaban J connectivity index is 1.63. The molecule has 0 spiro atoms. The van der Waals surface area contributed by atoms with Gasteiger partial charge in [-0.3, -0.25) is 4.90 Å². The van der Waals surface area contributed by atoms with Crippen molar-refractivity contribution >= 4 is 0 Å². The maximum absolute atomic E-state index is 10.7. The minimum Gasteiger partial charge on any atom is -0.390 e. The fourth-order valence-electron chi connectivity index (χ4n) is 3.92. The van der Waals surface area contributed by atoms with E-state index in [1.807, 2.05) is 6.20 Å². The van der Waals surface area contributed by atoms with Crippen LogP contribution in [0.3, 0.4) is 0 Å². The summed E-state index contributed by atoms with van der Waals surface area (Å²) in [6.07, 6.45) is 10.8. The van der Waals surface area contributed by atoms with Gasteiger partial charge in [0.05, 0.1) is 12.1 Å². The molecule has 0 radical (unpaired) electrons. The van der Waals surface area contributed by atoms with Gasteiger partial charge in [0.15, 0.2) is 0 Å². The van der Waals surface area contributed by atoms with Gasteiger partial charge in [-0.15, -0.1) is 0 Å². The van der Waals surface area contributed by atoms with Crippen molar-refractivity contribution in [2.24, 2.45) is 5.92 Å². The molecule has 0 unspecified atom stereocenters. The average Bonchev–Trinajstić information content (AvgIpc) is 2.87. The van der Waals surface area contributed by atoms with E-state index in [1.165, 1.54) is 25.1 Å². The number of nitrogens with zero attached hydrogens (tertiary/aromatic N) is 3. The summed E-state index contributed by atoms with van der Waals surface area (Å²) in [5.41, 5.74) is -0.367. The minimum absolute atomic E-state index is 0.367. The Morgan fingerprint density at radius 2 is 2.30 bits per heavy atom. The summed E-state index contributed by atoms with van der Waals surface area (Å²) in [4.78, 5) is 6.99. The Morgan fingerprint density at radius 3 is 3.15 bits per heavy atom. The maximum Gasteiger partial charge on any atom is 0.122 e. The highest BCUT2D eigenvalue weighted by Crippen LogP contribution is 2.39. The summed E-state index contributed by atoms with van der Waals surface area (Å²) < 4.78 is 2.27. The second-order valence-electron chi connectivity index (χ2n) is 6.57. The van der Waals surface area contributed by atoms with Crippen molar-refractivity contribution in [3.05, 3.63) is 18.2 Å². The summed E-state index contributed by atoms with van der Waals surface area (Å²) in [5, 5.41) is 10.7. The molecule has 20 heavy (non-hydrogen) atoms. The van der Waals surface area contributed by atoms with Crippen molar-refractivity contribution in [1.29, 1.82) is 0 Å². The van der Waals surface area contributed by atoms with Gasteiger partial charge in [-0.25, -0.2) is 4.98 Å². The number of aliphatic hydroxyl groups is 1. The van der Waals surface area contributed by atoms with Gasteiger partial charge in [0.1, 0.15) is 5.82 Å². The molecule has 0 aromatic carbocycles. The van der Waals surface area contributed by atoms with Crippen LogP contribution in [0.1, 0.15) is 51.3 Å². The molecule has 0 bridgehead atoms. The van der Waals surface area contributed by atoms with Crippen molar-refractivity contribution < 1.29 is 5.11 Å². The van der Waals surface area contributed by atoms with Crippen LogP contribution in [0.5, 0.6) is 0 Å². The van der Waals surface area contributed by atoms with Crippen LogP contribution < -0.4 is 0 Å². The highest BCUT2D eigenvalue weighted by molar-refractivity contribution is 4.98. The SMILES string of the molecule is CCCn1ccnc1CN1CC[C@@]2(O)CCCC[C@H]2C1. The number of fused-ring (bicyclic) bond motifs is 1. The fourth-order valence-corrected chi connectivity index (χ4v) is 3.92. The van der Waals surface area contributed by atoms with Gasteiger partial charge in [-0.05, 0) is 25.7 Å². The van der Waals surface area contributed by atoms with Crippen LogP contribution >= 0.6 is 0 Å². The molecular weight excluding hydrogens is 250 g/mol. The topological polar surface area (TPSA) is 41.3 Å². The van der Waals surface area contributed by atoms with Crippen molar-refractivity contribution in [2.45, 2.75) is 64.1 Å². The van der Waals surface area contributed by atoms with E-state index < -0.39 is 0 Å². The van der Waals surface area contributed by atoms with Gasteiger partial charge in [-0.1, -0.05) is 19.8 Å². The van der Waals surface area contributed by atoms with Crippen LogP contribution in [0.2, 0.25) is 0 Å². The molecule has 1 N–H and O–H groups in total. The largest absolute Gasteiger partial charge is 0.390 e. The van der Waals surface area contributed by atoms with E-state index in [-0.39, 0.29) is 5.60 Å². The Kier molecular flexibility index (Phi) is 4.13. The first-order valence-corrected chi connectivity index (χ1v) is 8.16. The molecule has 3 rings (SSSR count). The smallest absolute Gasteiger partial charge is 0.122 e. The number of aromatic nitrogens is 2. The molecule has 1 aliphatic carbocycles. The van der Waals surface area contributed by atoms with Crippen LogP contribution in [0.25, 0.3) is 0 Å². The van der Waals surface area contributed by atoms with E-state index in [9.17, 15) is 5.11 Å². The van der Waals surface area contributed by atoms with Crippen molar-refractivity contribution in [1.82, 2.24) is 14.5 Å². The van der Waals surface area contributed by atoms with Crippen LogP contribution in [-0.2, 0) is 13.1 Å². The van der Waals surface area contributed by atoms with E-state index in [1.54, 1.807) is 0 Å². The third kappa shape index (κ3) is 2.77. The summed E-state index contributed by atoms with van der Waals surface area (Å²) in [6, 6.07) is 0. The summed E-state index contributed by atoms with van der Waals surface area (Å²) in [7, 11) is 0. The number of piperidine rings is 1. The molecule has 2 atom stereocenters. The number of rotatable bonds is 4. The van der Waals surface area contributed by atoms with Crippen LogP contribution in [0, 0.1) is 5.92 Å². The van der Waals surface area contributed by atoms with Gasteiger partial charge in [0.2, 0.25) is 0 Å². The van der Waals surface area contributed by atoms with E-state index >= 15 is 0 Å². The van der Waals surface area contributed by atoms with Gasteiger partial charge in [0, 0.05) is 37.9 Å².